The molecule has 0 saturated heterocycles. The van der Waals surface area contributed by atoms with Crippen molar-refractivity contribution in [2.75, 3.05) is 19.8 Å². The van der Waals surface area contributed by atoms with Crippen molar-refractivity contribution in [2.24, 2.45) is 0 Å². The average Bonchev–Trinajstić information content (AvgIpc) is 3.00. The molecule has 0 spiro atoms. The first-order chi connectivity index (χ1) is 21.7. The highest BCUT2D eigenvalue weighted by Crippen LogP contribution is 2.37. The predicted octanol–water partition coefficient (Wildman–Crippen LogP) is 8.49. The third kappa shape index (κ3) is 9.35. The average molecular weight is 612 g/mol. The van der Waals surface area contributed by atoms with Crippen LogP contribution in [0.15, 0.2) is 48.5 Å². The molecule has 0 aliphatic rings. The van der Waals surface area contributed by atoms with E-state index >= 15 is 0 Å². The number of aromatic nitrogens is 3. The molecule has 2 N–H and O–H groups in total. The van der Waals surface area contributed by atoms with E-state index in [4.69, 9.17) is 24.4 Å². The van der Waals surface area contributed by atoms with Crippen LogP contribution >= 0.6 is 0 Å². The molecule has 4 rings (SSSR count). The summed E-state index contributed by atoms with van der Waals surface area (Å²) in [6, 6.07) is 16.0. The Morgan fingerprint density at radius 3 is 1.80 bits per heavy atom. The van der Waals surface area contributed by atoms with Crippen LogP contribution in [0.3, 0.4) is 0 Å². The number of hydrogen-bond acceptors (Lipinski definition) is 7. The molecule has 1 unspecified atom stereocenters. The molecule has 1 aromatic heterocycles. The molecule has 4 aromatic rings. The van der Waals surface area contributed by atoms with E-state index in [-0.39, 0.29) is 19.0 Å². The number of aryl methyl sites for hydroxylation is 5. The second kappa shape index (κ2) is 16.5. The summed E-state index contributed by atoms with van der Waals surface area (Å²) in [4.78, 5) is 14.8. The van der Waals surface area contributed by atoms with E-state index in [2.05, 4.69) is 65.8 Å². The highest BCUT2D eigenvalue weighted by molar-refractivity contribution is 5.73. The van der Waals surface area contributed by atoms with Crippen LogP contribution in [0.5, 0.6) is 11.5 Å². The van der Waals surface area contributed by atoms with Crippen molar-refractivity contribution in [3.63, 3.8) is 0 Å². The SMILES string of the molecule is CCCCCCc1cc(-c2nc(-c3ccc(C)cc3C)nc(-c3ccc(C)cc3C)n2)c(O)cc1OCC(O)COCCCC. The minimum Gasteiger partial charge on any atom is -0.507 e. The molecule has 0 radical (unpaired) electrons. The molecule has 0 aliphatic carbocycles. The van der Waals surface area contributed by atoms with E-state index in [1.54, 1.807) is 6.07 Å². The van der Waals surface area contributed by atoms with E-state index in [0.717, 1.165) is 72.8 Å². The molecule has 1 atom stereocenters. The normalized spacial score (nSPS) is 12.0. The molecule has 0 amide bonds. The largest absolute Gasteiger partial charge is 0.507 e. The third-order valence-corrected chi connectivity index (χ3v) is 7.98. The van der Waals surface area contributed by atoms with Crippen LogP contribution in [-0.4, -0.2) is 51.1 Å². The number of hydrogen-bond donors (Lipinski definition) is 2. The lowest BCUT2D eigenvalue weighted by atomic mass is 10.0. The molecule has 7 nitrogen and oxygen atoms in total. The summed E-state index contributed by atoms with van der Waals surface area (Å²) in [5, 5.41) is 21.8. The minimum absolute atomic E-state index is 0.0142. The van der Waals surface area contributed by atoms with E-state index in [9.17, 15) is 10.2 Å². The van der Waals surface area contributed by atoms with Crippen LogP contribution in [0.2, 0.25) is 0 Å². The summed E-state index contributed by atoms with van der Waals surface area (Å²) in [5.74, 6) is 2.09. The highest BCUT2D eigenvalue weighted by Gasteiger charge is 2.20. The first-order valence-corrected chi connectivity index (χ1v) is 16.4. The maximum atomic E-state index is 11.4. The van der Waals surface area contributed by atoms with Gasteiger partial charge in [0.25, 0.3) is 0 Å². The molecular formula is C38H49N3O4. The molecule has 45 heavy (non-hydrogen) atoms. The molecule has 0 bridgehead atoms. The molecule has 240 valence electrons. The van der Waals surface area contributed by atoms with Gasteiger partial charge in [-0.2, -0.15) is 0 Å². The zero-order chi connectivity index (χ0) is 32.3. The fourth-order valence-corrected chi connectivity index (χ4v) is 5.43. The van der Waals surface area contributed by atoms with Gasteiger partial charge in [-0.25, -0.2) is 15.0 Å². The Morgan fingerprint density at radius 2 is 1.24 bits per heavy atom. The highest BCUT2D eigenvalue weighted by atomic mass is 16.5. The molecule has 0 saturated carbocycles. The number of aliphatic hydroxyl groups excluding tert-OH is 1. The Balaban J connectivity index is 1.76. The number of phenols is 1. The predicted molar refractivity (Wildman–Crippen MR) is 182 cm³/mol. The van der Waals surface area contributed by atoms with Gasteiger partial charge >= 0.3 is 0 Å². The van der Waals surface area contributed by atoms with Gasteiger partial charge < -0.3 is 19.7 Å². The first kappa shape index (κ1) is 34.1. The number of unbranched alkanes of at least 4 members (excludes halogenated alkanes) is 4. The quantitative estimate of drug-likeness (QED) is 0.123. The number of aromatic hydroxyl groups is 1. The second-order valence-corrected chi connectivity index (χ2v) is 12.1. The molecule has 0 aliphatic heterocycles. The van der Waals surface area contributed by atoms with Crippen molar-refractivity contribution in [3.8, 4) is 45.7 Å². The van der Waals surface area contributed by atoms with E-state index in [1.807, 2.05) is 18.2 Å². The maximum absolute atomic E-state index is 11.4. The Labute approximate surface area is 268 Å². The lowest BCUT2D eigenvalue weighted by Gasteiger charge is -2.18. The molecule has 1 heterocycles. The summed E-state index contributed by atoms with van der Waals surface area (Å²) in [6.45, 7) is 13.5. The van der Waals surface area contributed by atoms with Gasteiger partial charge in [0.15, 0.2) is 17.5 Å². The second-order valence-electron chi connectivity index (χ2n) is 12.1. The van der Waals surface area contributed by atoms with Gasteiger partial charge in [0.05, 0.1) is 12.2 Å². The lowest BCUT2D eigenvalue weighted by molar-refractivity contribution is 0.0111. The van der Waals surface area contributed by atoms with Crippen molar-refractivity contribution in [1.29, 1.82) is 0 Å². The van der Waals surface area contributed by atoms with Crippen molar-refractivity contribution in [3.05, 3.63) is 76.3 Å². The van der Waals surface area contributed by atoms with Gasteiger partial charge in [-0.15, -0.1) is 0 Å². The van der Waals surface area contributed by atoms with Gasteiger partial charge in [-0.1, -0.05) is 87.1 Å². The van der Waals surface area contributed by atoms with Crippen LogP contribution < -0.4 is 4.74 Å². The third-order valence-electron chi connectivity index (χ3n) is 7.98. The van der Waals surface area contributed by atoms with E-state index in [1.165, 1.54) is 11.1 Å². The minimum atomic E-state index is -0.763. The molecule has 0 fully saturated rings. The van der Waals surface area contributed by atoms with Crippen LogP contribution in [0.25, 0.3) is 34.2 Å². The smallest absolute Gasteiger partial charge is 0.167 e. The van der Waals surface area contributed by atoms with Crippen LogP contribution in [-0.2, 0) is 11.2 Å². The Morgan fingerprint density at radius 1 is 0.667 bits per heavy atom. The maximum Gasteiger partial charge on any atom is 0.167 e. The van der Waals surface area contributed by atoms with Crippen LogP contribution in [0.4, 0.5) is 0 Å². The summed E-state index contributed by atoms with van der Waals surface area (Å²) in [5.41, 5.74) is 7.78. The monoisotopic (exact) mass is 611 g/mol. The van der Waals surface area contributed by atoms with Gasteiger partial charge in [0.2, 0.25) is 0 Å². The van der Waals surface area contributed by atoms with Crippen LogP contribution in [0, 0.1) is 27.7 Å². The van der Waals surface area contributed by atoms with Gasteiger partial charge in [0.1, 0.15) is 24.2 Å². The van der Waals surface area contributed by atoms with Gasteiger partial charge in [-0.3, -0.25) is 0 Å². The van der Waals surface area contributed by atoms with Crippen LogP contribution in [0.1, 0.15) is 80.2 Å². The number of benzene rings is 3. The lowest BCUT2D eigenvalue weighted by Crippen LogP contribution is -2.24. The number of phenolic OH excluding ortho intramolecular Hbond substituents is 1. The number of ether oxygens (including phenoxy) is 2. The van der Waals surface area contributed by atoms with Gasteiger partial charge in [0, 0.05) is 23.8 Å². The van der Waals surface area contributed by atoms with Crippen molar-refractivity contribution < 1.29 is 19.7 Å². The summed E-state index contributed by atoms with van der Waals surface area (Å²) in [6.07, 6.45) is 6.38. The van der Waals surface area contributed by atoms with Gasteiger partial charge in [-0.05, 0) is 69.7 Å². The Kier molecular flexibility index (Phi) is 12.5. The summed E-state index contributed by atoms with van der Waals surface area (Å²) < 4.78 is 11.7. The standard InChI is InChI=1S/C38H49N3O4/c1-7-9-11-12-13-29-21-33(34(43)22-35(29)45-24-30(42)23-44-18-10-8-2)38-40-36(31-16-14-25(3)19-27(31)5)39-37(41-38)32-17-15-26(4)20-28(32)6/h14-17,19-22,30,42-43H,7-13,18,23-24H2,1-6H3. The molecule has 7 heteroatoms. The Bertz CT molecular complexity index is 1500. The zero-order valence-corrected chi connectivity index (χ0v) is 27.8. The fraction of sp³-hybridized carbons (Fsp3) is 0.447. The van der Waals surface area contributed by atoms with Crippen molar-refractivity contribution >= 4 is 0 Å². The topological polar surface area (TPSA) is 97.6 Å². The summed E-state index contributed by atoms with van der Waals surface area (Å²) >= 11 is 0. The Hall–Kier alpha value is -3.81. The van der Waals surface area contributed by atoms with Crippen molar-refractivity contribution in [2.45, 2.75) is 92.6 Å². The first-order valence-electron chi connectivity index (χ1n) is 16.4. The zero-order valence-electron chi connectivity index (χ0n) is 27.8. The molecule has 3 aromatic carbocycles. The molecular weight excluding hydrogens is 562 g/mol. The number of nitrogens with zero attached hydrogens (tertiary/aromatic N) is 3. The van der Waals surface area contributed by atoms with Crippen molar-refractivity contribution in [1.82, 2.24) is 15.0 Å². The number of rotatable bonds is 16. The number of aliphatic hydroxyl groups is 1. The summed E-state index contributed by atoms with van der Waals surface area (Å²) in [7, 11) is 0. The van der Waals surface area contributed by atoms with E-state index < -0.39 is 6.10 Å². The van der Waals surface area contributed by atoms with E-state index in [0.29, 0.717) is 35.4 Å². The fourth-order valence-electron chi connectivity index (χ4n) is 5.43.